The fourth-order valence-electron chi connectivity index (χ4n) is 2.50. The first-order valence-electron chi connectivity index (χ1n) is 6.52. The zero-order valence-electron chi connectivity index (χ0n) is 10.8. The van der Waals surface area contributed by atoms with Crippen LogP contribution in [0.3, 0.4) is 0 Å². The van der Waals surface area contributed by atoms with Crippen molar-refractivity contribution in [2.24, 2.45) is 5.92 Å². The van der Waals surface area contributed by atoms with Crippen LogP contribution in [-0.4, -0.2) is 29.8 Å². The molecule has 2 rings (SSSR count). The normalized spacial score (nSPS) is 19.2. The van der Waals surface area contributed by atoms with E-state index in [4.69, 9.17) is 11.6 Å². The predicted octanol–water partition coefficient (Wildman–Crippen LogP) is 3.59. The summed E-state index contributed by atoms with van der Waals surface area (Å²) >= 11 is 5.69. The van der Waals surface area contributed by atoms with Gasteiger partial charge in [0.2, 0.25) is 0 Å². The second-order valence-corrected chi connectivity index (χ2v) is 5.37. The molecule has 1 atom stereocenters. The van der Waals surface area contributed by atoms with Gasteiger partial charge in [-0.05, 0) is 37.3 Å². The van der Waals surface area contributed by atoms with Crippen molar-refractivity contribution >= 4 is 17.5 Å². The summed E-state index contributed by atoms with van der Waals surface area (Å²) in [5.74, 6) is -3.89. The number of halogens is 4. The van der Waals surface area contributed by atoms with E-state index in [1.807, 2.05) is 0 Å². The third-order valence-electron chi connectivity index (χ3n) is 3.55. The molecule has 6 heteroatoms. The van der Waals surface area contributed by atoms with E-state index < -0.39 is 23.4 Å². The maximum Gasteiger partial charge on any atom is 0.254 e. The minimum Gasteiger partial charge on any atom is -0.338 e. The van der Waals surface area contributed by atoms with Crippen LogP contribution >= 0.6 is 11.6 Å². The molecule has 0 aliphatic carbocycles. The Bertz CT molecular complexity index is 484. The van der Waals surface area contributed by atoms with Crippen molar-refractivity contribution in [2.75, 3.05) is 19.0 Å². The summed E-state index contributed by atoms with van der Waals surface area (Å²) in [5.41, 5.74) is -0.159. The summed E-state index contributed by atoms with van der Waals surface area (Å²) in [7, 11) is 0. The number of hydrogen-bond acceptors (Lipinski definition) is 1. The van der Waals surface area contributed by atoms with E-state index in [1.165, 1.54) is 0 Å². The molecule has 0 spiro atoms. The van der Waals surface area contributed by atoms with E-state index in [1.54, 1.807) is 4.90 Å². The second-order valence-electron chi connectivity index (χ2n) is 4.99. The molecule has 0 N–H and O–H groups in total. The molecule has 0 bridgehead atoms. The summed E-state index contributed by atoms with van der Waals surface area (Å²) in [6.45, 7) is 1.06. The lowest BCUT2D eigenvalue weighted by atomic mass is 9.95. The third kappa shape index (κ3) is 3.26. The van der Waals surface area contributed by atoms with E-state index in [9.17, 15) is 18.0 Å². The third-order valence-corrected chi connectivity index (χ3v) is 3.77. The lowest BCUT2D eigenvalue weighted by Crippen LogP contribution is -2.40. The van der Waals surface area contributed by atoms with Crippen LogP contribution in [0.4, 0.5) is 13.2 Å². The van der Waals surface area contributed by atoms with Gasteiger partial charge < -0.3 is 4.90 Å². The number of piperidine rings is 1. The maximum absolute atomic E-state index is 13.2. The van der Waals surface area contributed by atoms with Gasteiger partial charge in [-0.3, -0.25) is 4.79 Å². The number of hydrogen-bond donors (Lipinski definition) is 0. The SMILES string of the molecule is O=C(c1cc(F)c(F)c(F)c1)N1CCCC(CCCl)C1. The Morgan fingerprint density at radius 2 is 1.95 bits per heavy atom. The minimum absolute atomic E-state index is 0.159. The number of alkyl halides is 1. The fraction of sp³-hybridized carbons (Fsp3) is 0.500. The van der Waals surface area contributed by atoms with Crippen LogP contribution in [0.2, 0.25) is 0 Å². The van der Waals surface area contributed by atoms with Crippen LogP contribution < -0.4 is 0 Å². The zero-order chi connectivity index (χ0) is 14.7. The Balaban J connectivity index is 2.14. The molecule has 1 aromatic carbocycles. The summed E-state index contributed by atoms with van der Waals surface area (Å²) in [4.78, 5) is 13.8. The first kappa shape index (κ1) is 15.2. The summed E-state index contributed by atoms with van der Waals surface area (Å²) in [6, 6.07) is 1.48. The number of nitrogens with zero attached hydrogens (tertiary/aromatic N) is 1. The smallest absolute Gasteiger partial charge is 0.254 e. The van der Waals surface area contributed by atoms with Crippen LogP contribution in [0, 0.1) is 23.4 Å². The van der Waals surface area contributed by atoms with Gasteiger partial charge in [0.25, 0.3) is 5.91 Å². The largest absolute Gasteiger partial charge is 0.338 e. The van der Waals surface area contributed by atoms with Gasteiger partial charge in [0.05, 0.1) is 0 Å². The van der Waals surface area contributed by atoms with Crippen LogP contribution in [-0.2, 0) is 0 Å². The van der Waals surface area contributed by atoms with Crippen molar-refractivity contribution in [3.8, 4) is 0 Å². The first-order valence-corrected chi connectivity index (χ1v) is 7.06. The van der Waals surface area contributed by atoms with Crippen LogP contribution in [0.15, 0.2) is 12.1 Å². The number of carbonyl (C=O) groups excluding carboxylic acids is 1. The van der Waals surface area contributed by atoms with Crippen molar-refractivity contribution in [3.05, 3.63) is 35.1 Å². The maximum atomic E-state index is 13.2. The molecule has 1 unspecified atom stereocenters. The molecule has 0 saturated carbocycles. The number of rotatable bonds is 3. The highest BCUT2D eigenvalue weighted by Gasteiger charge is 2.25. The second kappa shape index (κ2) is 6.48. The standard InChI is InChI=1S/C14H15ClF3NO/c15-4-3-9-2-1-5-19(8-9)14(20)10-6-11(16)13(18)12(17)7-10/h6-7,9H,1-5,8H2. The monoisotopic (exact) mass is 305 g/mol. The summed E-state index contributed by atoms with van der Waals surface area (Å²) in [5, 5.41) is 0. The summed E-state index contributed by atoms with van der Waals surface area (Å²) < 4.78 is 39.2. The molecule has 1 fully saturated rings. The van der Waals surface area contributed by atoms with Crippen molar-refractivity contribution in [1.29, 1.82) is 0 Å². The molecule has 1 aliphatic heterocycles. The fourth-order valence-corrected chi connectivity index (χ4v) is 2.81. The highest BCUT2D eigenvalue weighted by Crippen LogP contribution is 2.22. The van der Waals surface area contributed by atoms with Gasteiger partial charge in [-0.25, -0.2) is 13.2 Å². The lowest BCUT2D eigenvalue weighted by molar-refractivity contribution is 0.0670. The molecule has 0 radical (unpaired) electrons. The Morgan fingerprint density at radius 3 is 2.55 bits per heavy atom. The van der Waals surface area contributed by atoms with Crippen molar-refractivity contribution in [2.45, 2.75) is 19.3 Å². The highest BCUT2D eigenvalue weighted by molar-refractivity contribution is 6.17. The quantitative estimate of drug-likeness (QED) is 0.617. The molecule has 1 aromatic rings. The summed E-state index contributed by atoms with van der Waals surface area (Å²) in [6.07, 6.45) is 2.62. The first-order chi connectivity index (χ1) is 9.52. The lowest BCUT2D eigenvalue weighted by Gasteiger charge is -2.32. The molecule has 20 heavy (non-hydrogen) atoms. The predicted molar refractivity (Wildman–Crippen MR) is 70.3 cm³/mol. The molecular weight excluding hydrogens is 291 g/mol. The molecule has 1 aliphatic rings. The van der Waals surface area contributed by atoms with E-state index in [2.05, 4.69) is 0 Å². The van der Waals surface area contributed by atoms with E-state index >= 15 is 0 Å². The molecule has 1 heterocycles. The van der Waals surface area contributed by atoms with Crippen LogP contribution in [0.1, 0.15) is 29.6 Å². The average molecular weight is 306 g/mol. The van der Waals surface area contributed by atoms with Crippen molar-refractivity contribution < 1.29 is 18.0 Å². The Kier molecular flexibility index (Phi) is 4.91. The average Bonchev–Trinajstić information content (AvgIpc) is 2.44. The zero-order valence-corrected chi connectivity index (χ0v) is 11.6. The van der Waals surface area contributed by atoms with Gasteiger partial charge in [0.15, 0.2) is 17.5 Å². The van der Waals surface area contributed by atoms with Gasteiger partial charge in [0, 0.05) is 24.5 Å². The van der Waals surface area contributed by atoms with Gasteiger partial charge in [-0.15, -0.1) is 11.6 Å². The van der Waals surface area contributed by atoms with Crippen molar-refractivity contribution in [1.82, 2.24) is 4.90 Å². The van der Waals surface area contributed by atoms with Gasteiger partial charge in [0.1, 0.15) is 0 Å². The van der Waals surface area contributed by atoms with Crippen LogP contribution in [0.25, 0.3) is 0 Å². The van der Waals surface area contributed by atoms with Crippen LogP contribution in [0.5, 0.6) is 0 Å². The van der Waals surface area contributed by atoms with E-state index in [-0.39, 0.29) is 5.56 Å². The Hall–Kier alpha value is -1.23. The minimum atomic E-state index is -1.56. The molecule has 110 valence electrons. The molecule has 0 aromatic heterocycles. The topological polar surface area (TPSA) is 20.3 Å². The molecule has 2 nitrogen and oxygen atoms in total. The molecule has 1 saturated heterocycles. The Morgan fingerprint density at radius 1 is 1.30 bits per heavy atom. The number of benzene rings is 1. The molecular formula is C14H15ClF3NO. The van der Waals surface area contributed by atoms with E-state index in [0.29, 0.717) is 24.9 Å². The number of likely N-dealkylation sites (tertiary alicyclic amines) is 1. The van der Waals surface area contributed by atoms with Crippen molar-refractivity contribution in [3.63, 3.8) is 0 Å². The number of amides is 1. The number of carbonyl (C=O) groups is 1. The Labute approximate surface area is 120 Å². The van der Waals surface area contributed by atoms with Gasteiger partial charge in [-0.1, -0.05) is 0 Å². The van der Waals surface area contributed by atoms with E-state index in [0.717, 1.165) is 31.4 Å². The highest BCUT2D eigenvalue weighted by atomic mass is 35.5. The van der Waals surface area contributed by atoms with Gasteiger partial charge >= 0.3 is 0 Å². The molecule has 1 amide bonds. The van der Waals surface area contributed by atoms with Gasteiger partial charge in [-0.2, -0.15) is 0 Å².